The Hall–Kier alpha value is -2.59. The topological polar surface area (TPSA) is 63.8 Å². The predicted molar refractivity (Wildman–Crippen MR) is 86.6 cm³/mol. The van der Waals surface area contributed by atoms with Gasteiger partial charge in [-0.2, -0.15) is 4.98 Å². The number of nitrogens with one attached hydrogen (secondary N) is 1. The van der Waals surface area contributed by atoms with Crippen LogP contribution in [0.25, 0.3) is 11.1 Å². The van der Waals surface area contributed by atoms with Gasteiger partial charge < -0.3 is 11.1 Å². The van der Waals surface area contributed by atoms with Crippen molar-refractivity contribution in [3.05, 3.63) is 66.1 Å². The minimum atomic E-state index is 0.160. The van der Waals surface area contributed by atoms with Crippen LogP contribution in [0, 0.1) is 0 Å². The molecule has 0 fully saturated rings. The van der Waals surface area contributed by atoms with Gasteiger partial charge in [0.15, 0.2) is 5.82 Å². The first-order chi connectivity index (χ1) is 10.2. The number of nitrogens with two attached hydrogens (primary N) is 1. The van der Waals surface area contributed by atoms with Gasteiger partial charge in [0.05, 0.1) is 11.9 Å². The minimum absolute atomic E-state index is 0.160. The molecule has 21 heavy (non-hydrogen) atoms. The summed E-state index contributed by atoms with van der Waals surface area (Å²) in [6.45, 7) is 0. The van der Waals surface area contributed by atoms with Crippen molar-refractivity contribution in [2.45, 2.75) is 0 Å². The van der Waals surface area contributed by atoms with Crippen LogP contribution in [0.5, 0.6) is 0 Å². The largest absolute Gasteiger partial charge is 0.394 e. The van der Waals surface area contributed by atoms with Crippen molar-refractivity contribution in [2.75, 3.05) is 11.1 Å². The fourth-order valence-electron chi connectivity index (χ4n) is 1.98. The molecule has 1 aromatic heterocycles. The number of aromatic nitrogens is 2. The third-order valence-corrected chi connectivity index (χ3v) is 3.22. The van der Waals surface area contributed by atoms with Gasteiger partial charge in [-0.05, 0) is 34.9 Å². The quantitative estimate of drug-likeness (QED) is 0.714. The number of halogens is 1. The Kier molecular flexibility index (Phi) is 3.71. The summed E-state index contributed by atoms with van der Waals surface area (Å²) in [5.74, 6) is 0.502. The zero-order valence-corrected chi connectivity index (χ0v) is 11.9. The molecule has 0 saturated carbocycles. The summed E-state index contributed by atoms with van der Waals surface area (Å²) in [5, 5.41) is 3.29. The van der Waals surface area contributed by atoms with Gasteiger partial charge in [-0.15, -0.1) is 0 Å². The second-order valence-electron chi connectivity index (χ2n) is 4.51. The van der Waals surface area contributed by atoms with Gasteiger partial charge in [-0.25, -0.2) is 4.98 Å². The van der Waals surface area contributed by atoms with Crippen LogP contribution in [-0.2, 0) is 0 Å². The smallest absolute Gasteiger partial charge is 0.224 e. The van der Waals surface area contributed by atoms with Crippen LogP contribution in [-0.4, -0.2) is 9.97 Å². The lowest BCUT2D eigenvalue weighted by molar-refractivity contribution is 1.17. The maximum Gasteiger partial charge on any atom is 0.224 e. The molecule has 104 valence electrons. The first kappa shape index (κ1) is 13.4. The Balaban J connectivity index is 1.83. The van der Waals surface area contributed by atoms with Crippen molar-refractivity contribution in [1.82, 2.24) is 9.97 Å². The number of hydrogen-bond donors (Lipinski definition) is 2. The zero-order chi connectivity index (χ0) is 14.7. The molecule has 0 atom stereocenters. The van der Waals surface area contributed by atoms with Gasteiger partial charge >= 0.3 is 0 Å². The lowest BCUT2D eigenvalue weighted by atomic mass is 10.1. The molecule has 3 aromatic rings. The lowest BCUT2D eigenvalue weighted by Gasteiger charge is -2.09. The van der Waals surface area contributed by atoms with Crippen molar-refractivity contribution in [3.63, 3.8) is 0 Å². The van der Waals surface area contributed by atoms with E-state index in [9.17, 15) is 0 Å². The number of nitrogens with zero attached hydrogens (tertiary/aromatic N) is 2. The van der Waals surface area contributed by atoms with E-state index in [1.54, 1.807) is 0 Å². The maximum atomic E-state index is 5.81. The van der Waals surface area contributed by atoms with E-state index >= 15 is 0 Å². The highest BCUT2D eigenvalue weighted by molar-refractivity contribution is 6.28. The third-order valence-electron chi connectivity index (χ3n) is 3.04. The molecule has 4 nitrogen and oxygen atoms in total. The maximum absolute atomic E-state index is 5.81. The van der Waals surface area contributed by atoms with Crippen molar-refractivity contribution in [3.8, 4) is 11.1 Å². The highest BCUT2D eigenvalue weighted by Gasteiger charge is 2.04. The van der Waals surface area contributed by atoms with Gasteiger partial charge in [0.2, 0.25) is 5.28 Å². The van der Waals surface area contributed by atoms with E-state index in [0.29, 0.717) is 11.5 Å². The van der Waals surface area contributed by atoms with E-state index in [-0.39, 0.29) is 5.28 Å². The normalized spacial score (nSPS) is 10.3. The highest BCUT2D eigenvalue weighted by atomic mass is 35.5. The number of anilines is 3. The number of benzene rings is 2. The summed E-state index contributed by atoms with van der Waals surface area (Å²) >= 11 is 5.77. The molecule has 0 amide bonds. The molecule has 1 heterocycles. The Morgan fingerprint density at radius 3 is 2.29 bits per heavy atom. The molecule has 0 saturated heterocycles. The highest BCUT2D eigenvalue weighted by Crippen LogP contribution is 2.24. The predicted octanol–water partition coefficient (Wildman–Crippen LogP) is 4.12. The van der Waals surface area contributed by atoms with Crippen molar-refractivity contribution >= 4 is 28.8 Å². The zero-order valence-electron chi connectivity index (χ0n) is 11.1. The van der Waals surface area contributed by atoms with Crippen LogP contribution in [0.15, 0.2) is 60.8 Å². The average Bonchev–Trinajstić information content (AvgIpc) is 2.53. The monoisotopic (exact) mass is 296 g/mol. The molecule has 0 radical (unpaired) electrons. The molecule has 0 bridgehead atoms. The Morgan fingerprint density at radius 1 is 0.905 bits per heavy atom. The average molecular weight is 297 g/mol. The summed E-state index contributed by atoms with van der Waals surface area (Å²) in [6, 6.07) is 18.2. The molecular formula is C16H13ClN4. The molecule has 0 aliphatic heterocycles. The van der Waals surface area contributed by atoms with Crippen LogP contribution >= 0.6 is 11.6 Å². The van der Waals surface area contributed by atoms with Crippen molar-refractivity contribution in [2.24, 2.45) is 0 Å². The van der Waals surface area contributed by atoms with Crippen molar-refractivity contribution in [1.29, 1.82) is 0 Å². The van der Waals surface area contributed by atoms with Crippen LogP contribution in [0.2, 0.25) is 5.28 Å². The molecule has 3 rings (SSSR count). The molecule has 5 heteroatoms. The molecule has 0 aliphatic rings. The van der Waals surface area contributed by atoms with E-state index < -0.39 is 0 Å². The summed E-state index contributed by atoms with van der Waals surface area (Å²) in [7, 11) is 0. The summed E-state index contributed by atoms with van der Waals surface area (Å²) in [4.78, 5) is 7.89. The molecule has 2 aromatic carbocycles. The molecule has 0 spiro atoms. The fraction of sp³-hybridized carbons (Fsp3) is 0. The number of nitrogen functional groups attached to an aromatic ring is 1. The van der Waals surface area contributed by atoms with Gasteiger partial charge in [0, 0.05) is 5.69 Å². The fourth-order valence-corrected chi connectivity index (χ4v) is 2.12. The Morgan fingerprint density at radius 2 is 1.57 bits per heavy atom. The second-order valence-corrected chi connectivity index (χ2v) is 4.85. The summed E-state index contributed by atoms with van der Waals surface area (Å²) in [6.07, 6.45) is 1.48. The summed E-state index contributed by atoms with van der Waals surface area (Å²) in [5.41, 5.74) is 9.47. The van der Waals surface area contributed by atoms with Gasteiger partial charge in [-0.1, -0.05) is 42.5 Å². The molecule has 0 aliphatic carbocycles. The van der Waals surface area contributed by atoms with Gasteiger partial charge in [0.25, 0.3) is 0 Å². The van der Waals surface area contributed by atoms with Crippen LogP contribution in [0.1, 0.15) is 0 Å². The van der Waals surface area contributed by atoms with E-state index in [4.69, 9.17) is 17.3 Å². The van der Waals surface area contributed by atoms with E-state index in [0.717, 1.165) is 11.3 Å². The van der Waals surface area contributed by atoms with Crippen LogP contribution in [0.4, 0.5) is 17.2 Å². The minimum Gasteiger partial charge on any atom is -0.394 e. The van der Waals surface area contributed by atoms with Crippen molar-refractivity contribution < 1.29 is 0 Å². The first-order valence-electron chi connectivity index (χ1n) is 6.43. The SMILES string of the molecule is Nc1cnc(Cl)nc1Nc1ccc(-c2ccccc2)cc1. The molecular weight excluding hydrogens is 284 g/mol. The number of hydrogen-bond acceptors (Lipinski definition) is 4. The van der Waals surface area contributed by atoms with E-state index in [1.807, 2.05) is 42.5 Å². The van der Waals surface area contributed by atoms with Crippen LogP contribution in [0.3, 0.4) is 0 Å². The summed E-state index contributed by atoms with van der Waals surface area (Å²) < 4.78 is 0. The Labute approximate surface area is 127 Å². The third kappa shape index (κ3) is 3.12. The van der Waals surface area contributed by atoms with E-state index in [1.165, 1.54) is 11.8 Å². The van der Waals surface area contributed by atoms with E-state index in [2.05, 4.69) is 27.4 Å². The second kappa shape index (κ2) is 5.81. The van der Waals surface area contributed by atoms with Crippen LogP contribution < -0.4 is 11.1 Å². The number of rotatable bonds is 3. The molecule has 3 N–H and O–H groups in total. The first-order valence-corrected chi connectivity index (χ1v) is 6.81. The Bertz CT molecular complexity index is 742. The molecule has 0 unspecified atom stereocenters. The van der Waals surface area contributed by atoms with Gasteiger partial charge in [-0.3, -0.25) is 0 Å². The lowest BCUT2D eigenvalue weighted by Crippen LogP contribution is -2.00. The standard InChI is InChI=1S/C16H13ClN4/c17-16-19-10-14(18)15(21-16)20-13-8-6-12(7-9-13)11-4-2-1-3-5-11/h1-10H,18H2,(H,19,20,21). The van der Waals surface area contributed by atoms with Gasteiger partial charge in [0.1, 0.15) is 0 Å².